The number of aromatic nitrogens is 5. The molecule has 0 saturated carbocycles. The molecule has 1 N–H and O–H groups in total. The fraction of sp³-hybridized carbons (Fsp3) is 0.381. The average molecular weight is 412 g/mol. The van der Waals surface area contributed by atoms with Crippen LogP contribution in [0.3, 0.4) is 0 Å². The molecule has 0 bridgehead atoms. The Morgan fingerprint density at radius 2 is 2.00 bits per heavy atom. The molecular formula is C21H25FN6O2. The lowest BCUT2D eigenvalue weighted by atomic mass is 10.0. The van der Waals surface area contributed by atoms with Crippen molar-refractivity contribution in [2.75, 3.05) is 0 Å². The van der Waals surface area contributed by atoms with Crippen molar-refractivity contribution in [2.45, 2.75) is 52.3 Å². The standard InChI is InChI=1S/C21H25FN6O2/c1-14-25-26-27-28(14)18(12-15-7-5-8-16(22)11-15)20(29)23-13-17-9-6-10-19(24-17)30-21(2,3)4/h5-11,18H,12-13H2,1-4H3,(H,23,29). The first-order valence-corrected chi connectivity index (χ1v) is 9.63. The minimum absolute atomic E-state index is 0.209. The van der Waals surface area contributed by atoms with Gasteiger partial charge >= 0.3 is 0 Å². The zero-order valence-electron chi connectivity index (χ0n) is 17.5. The molecule has 1 aromatic carbocycles. The number of carbonyl (C=O) groups is 1. The van der Waals surface area contributed by atoms with Crippen LogP contribution in [0, 0.1) is 12.7 Å². The summed E-state index contributed by atoms with van der Waals surface area (Å²) < 4.78 is 20.8. The van der Waals surface area contributed by atoms with Gasteiger partial charge < -0.3 is 10.1 Å². The Morgan fingerprint density at radius 3 is 2.67 bits per heavy atom. The van der Waals surface area contributed by atoms with Gasteiger partial charge in [-0.1, -0.05) is 18.2 Å². The van der Waals surface area contributed by atoms with Crippen LogP contribution in [0.2, 0.25) is 0 Å². The minimum Gasteiger partial charge on any atom is -0.472 e. The number of pyridine rings is 1. The molecule has 0 aliphatic heterocycles. The molecule has 2 aromatic heterocycles. The van der Waals surface area contributed by atoms with E-state index in [1.165, 1.54) is 16.8 Å². The van der Waals surface area contributed by atoms with Crippen molar-refractivity contribution in [3.63, 3.8) is 0 Å². The summed E-state index contributed by atoms with van der Waals surface area (Å²) in [4.78, 5) is 17.4. The predicted octanol–water partition coefficient (Wildman–Crippen LogP) is 2.79. The Labute approximate surface area is 174 Å². The van der Waals surface area contributed by atoms with Crippen LogP contribution in [0.25, 0.3) is 0 Å². The van der Waals surface area contributed by atoms with E-state index in [1.807, 2.05) is 26.8 Å². The van der Waals surface area contributed by atoms with Gasteiger partial charge in [-0.25, -0.2) is 14.1 Å². The van der Waals surface area contributed by atoms with E-state index in [4.69, 9.17) is 4.74 Å². The number of hydrogen-bond acceptors (Lipinski definition) is 6. The van der Waals surface area contributed by atoms with Crippen molar-refractivity contribution in [3.05, 3.63) is 65.4 Å². The highest BCUT2D eigenvalue weighted by Crippen LogP contribution is 2.18. The van der Waals surface area contributed by atoms with E-state index in [0.717, 1.165) is 0 Å². The number of rotatable bonds is 7. The smallest absolute Gasteiger partial charge is 0.245 e. The van der Waals surface area contributed by atoms with Crippen LogP contribution in [-0.4, -0.2) is 36.7 Å². The molecule has 9 heteroatoms. The first-order valence-electron chi connectivity index (χ1n) is 9.63. The maximum atomic E-state index is 13.6. The molecule has 1 unspecified atom stereocenters. The number of nitrogens with one attached hydrogen (secondary N) is 1. The van der Waals surface area contributed by atoms with E-state index in [1.54, 1.807) is 31.2 Å². The second-order valence-corrected chi connectivity index (χ2v) is 7.92. The number of halogens is 1. The summed E-state index contributed by atoms with van der Waals surface area (Å²) >= 11 is 0. The van der Waals surface area contributed by atoms with E-state index in [-0.39, 0.29) is 30.3 Å². The third-order valence-corrected chi connectivity index (χ3v) is 4.21. The van der Waals surface area contributed by atoms with Gasteiger partial charge in [-0.15, -0.1) is 5.10 Å². The number of nitrogens with zero attached hydrogens (tertiary/aromatic N) is 5. The molecule has 1 atom stereocenters. The van der Waals surface area contributed by atoms with Gasteiger partial charge in [-0.05, 0) is 61.9 Å². The van der Waals surface area contributed by atoms with E-state index in [9.17, 15) is 9.18 Å². The summed E-state index contributed by atoms with van der Waals surface area (Å²) in [5.74, 6) is 0.325. The van der Waals surface area contributed by atoms with Crippen LogP contribution < -0.4 is 10.1 Å². The highest BCUT2D eigenvalue weighted by Gasteiger charge is 2.24. The molecule has 2 heterocycles. The molecular weight excluding hydrogens is 387 g/mol. The summed E-state index contributed by atoms with van der Waals surface area (Å²) in [5, 5.41) is 14.3. The zero-order valence-corrected chi connectivity index (χ0v) is 17.5. The molecule has 30 heavy (non-hydrogen) atoms. The summed E-state index contributed by atoms with van der Waals surface area (Å²) in [6.45, 7) is 7.74. The summed E-state index contributed by atoms with van der Waals surface area (Å²) in [6, 6.07) is 10.8. The Morgan fingerprint density at radius 1 is 1.23 bits per heavy atom. The molecule has 8 nitrogen and oxygen atoms in total. The van der Waals surface area contributed by atoms with Crippen LogP contribution in [0.4, 0.5) is 4.39 Å². The number of tetrazole rings is 1. The van der Waals surface area contributed by atoms with Crippen LogP contribution in [0.1, 0.15) is 43.9 Å². The van der Waals surface area contributed by atoms with Crippen molar-refractivity contribution >= 4 is 5.91 Å². The highest BCUT2D eigenvalue weighted by atomic mass is 19.1. The van der Waals surface area contributed by atoms with E-state index >= 15 is 0 Å². The Kier molecular flexibility index (Phi) is 6.39. The lowest BCUT2D eigenvalue weighted by molar-refractivity contribution is -0.124. The third-order valence-electron chi connectivity index (χ3n) is 4.21. The second kappa shape index (κ2) is 8.98. The van der Waals surface area contributed by atoms with Gasteiger partial charge in [-0.2, -0.15) is 0 Å². The molecule has 3 aromatic rings. The van der Waals surface area contributed by atoms with E-state index in [2.05, 4.69) is 25.8 Å². The molecule has 3 rings (SSSR count). The largest absolute Gasteiger partial charge is 0.472 e. The summed E-state index contributed by atoms with van der Waals surface area (Å²) in [7, 11) is 0. The van der Waals surface area contributed by atoms with Crippen LogP contribution in [-0.2, 0) is 17.8 Å². The number of benzene rings is 1. The summed E-state index contributed by atoms with van der Waals surface area (Å²) in [5.41, 5.74) is 0.953. The van der Waals surface area contributed by atoms with Crippen molar-refractivity contribution in [1.29, 1.82) is 0 Å². The van der Waals surface area contributed by atoms with Crippen LogP contribution in [0.15, 0.2) is 42.5 Å². The van der Waals surface area contributed by atoms with Gasteiger partial charge in [0.05, 0.1) is 12.2 Å². The van der Waals surface area contributed by atoms with Gasteiger partial charge in [0.15, 0.2) is 0 Å². The van der Waals surface area contributed by atoms with E-state index in [0.29, 0.717) is 23.0 Å². The van der Waals surface area contributed by atoms with Crippen molar-refractivity contribution in [3.8, 4) is 5.88 Å². The number of aryl methyl sites for hydroxylation is 1. The maximum absolute atomic E-state index is 13.6. The van der Waals surface area contributed by atoms with Crippen molar-refractivity contribution in [2.24, 2.45) is 0 Å². The average Bonchev–Trinajstić information content (AvgIpc) is 3.09. The van der Waals surface area contributed by atoms with Gasteiger partial charge in [0, 0.05) is 12.5 Å². The van der Waals surface area contributed by atoms with E-state index < -0.39 is 6.04 Å². The highest BCUT2D eigenvalue weighted by molar-refractivity contribution is 5.80. The normalized spacial score (nSPS) is 12.4. The quantitative estimate of drug-likeness (QED) is 0.641. The second-order valence-electron chi connectivity index (χ2n) is 7.92. The Balaban J connectivity index is 1.74. The van der Waals surface area contributed by atoms with Crippen LogP contribution >= 0.6 is 0 Å². The topological polar surface area (TPSA) is 94.8 Å². The number of ether oxygens (including phenoxy) is 1. The van der Waals surface area contributed by atoms with Crippen molar-refractivity contribution < 1.29 is 13.9 Å². The Bertz CT molecular complexity index is 1010. The van der Waals surface area contributed by atoms with Crippen LogP contribution in [0.5, 0.6) is 5.88 Å². The first kappa shape index (κ1) is 21.4. The molecule has 1 amide bonds. The molecule has 0 fully saturated rings. The number of amides is 1. The van der Waals surface area contributed by atoms with Gasteiger partial charge in [0.2, 0.25) is 11.8 Å². The minimum atomic E-state index is -0.726. The molecule has 0 radical (unpaired) electrons. The van der Waals surface area contributed by atoms with Gasteiger partial charge in [-0.3, -0.25) is 4.79 Å². The molecule has 0 spiro atoms. The van der Waals surface area contributed by atoms with Gasteiger partial charge in [0.1, 0.15) is 23.3 Å². The lowest BCUT2D eigenvalue weighted by Gasteiger charge is -2.21. The zero-order chi connectivity index (χ0) is 21.7. The van der Waals surface area contributed by atoms with Crippen molar-refractivity contribution in [1.82, 2.24) is 30.5 Å². The molecule has 0 saturated heterocycles. The SMILES string of the molecule is Cc1nnnn1C(Cc1cccc(F)c1)C(=O)NCc1cccc(OC(C)(C)C)n1. The molecule has 0 aliphatic carbocycles. The summed E-state index contributed by atoms with van der Waals surface area (Å²) in [6.07, 6.45) is 0.246. The van der Waals surface area contributed by atoms with Gasteiger partial charge in [0.25, 0.3) is 0 Å². The molecule has 0 aliphatic rings. The first-order chi connectivity index (χ1) is 14.2. The fourth-order valence-corrected chi connectivity index (χ4v) is 2.93. The monoisotopic (exact) mass is 412 g/mol. The lowest BCUT2D eigenvalue weighted by Crippen LogP contribution is -2.35. The number of hydrogen-bond donors (Lipinski definition) is 1. The molecule has 158 valence electrons. The fourth-order valence-electron chi connectivity index (χ4n) is 2.93. The number of carbonyl (C=O) groups excluding carboxylic acids is 1. The third kappa shape index (κ3) is 5.82. The maximum Gasteiger partial charge on any atom is 0.245 e. The predicted molar refractivity (Wildman–Crippen MR) is 108 cm³/mol. The Hall–Kier alpha value is -3.36.